The lowest BCUT2D eigenvalue weighted by Gasteiger charge is -2.23. The van der Waals surface area contributed by atoms with E-state index < -0.39 is 21.7 Å². The Kier molecular flexibility index (Phi) is 5.48. The molecule has 116 valence electrons. The van der Waals surface area contributed by atoms with Gasteiger partial charge in [0.05, 0.1) is 10.8 Å². The van der Waals surface area contributed by atoms with Gasteiger partial charge in [0.25, 0.3) is 5.91 Å². The van der Waals surface area contributed by atoms with Crippen LogP contribution < -0.4 is 0 Å². The molecule has 1 N–H and O–H groups in total. The molecule has 7 heteroatoms. The maximum absolute atomic E-state index is 12.4. The minimum Gasteiger partial charge on any atom is -0.481 e. The van der Waals surface area contributed by atoms with Crippen LogP contribution in [0.4, 0.5) is 0 Å². The Morgan fingerprint density at radius 2 is 1.95 bits per heavy atom. The molecule has 0 aliphatic heterocycles. The molecule has 0 fully saturated rings. The van der Waals surface area contributed by atoms with Crippen molar-refractivity contribution >= 4 is 21.7 Å². The SMILES string of the molecule is CCN(CC(C)C(=O)O)C(=O)c1cccc(S(C)(=O)=O)c1. The molecule has 21 heavy (non-hydrogen) atoms. The molecule has 6 nitrogen and oxygen atoms in total. The van der Waals surface area contributed by atoms with E-state index in [2.05, 4.69) is 0 Å². The van der Waals surface area contributed by atoms with E-state index in [9.17, 15) is 18.0 Å². The third-order valence-electron chi connectivity index (χ3n) is 3.09. The summed E-state index contributed by atoms with van der Waals surface area (Å²) >= 11 is 0. The minimum atomic E-state index is -3.39. The fourth-order valence-electron chi connectivity index (χ4n) is 1.81. The Morgan fingerprint density at radius 3 is 2.43 bits per heavy atom. The number of sulfone groups is 1. The number of carbonyl (C=O) groups is 2. The lowest BCUT2D eigenvalue weighted by Crippen LogP contribution is -2.36. The molecule has 1 amide bonds. The standard InChI is InChI=1S/C14H19NO5S/c1-4-15(9-10(2)14(17)18)13(16)11-6-5-7-12(8-11)21(3,19)20/h5-8,10H,4,9H2,1-3H3,(H,17,18). The molecule has 1 aromatic rings. The molecule has 0 aliphatic carbocycles. The monoisotopic (exact) mass is 313 g/mol. The van der Waals surface area contributed by atoms with Crippen molar-refractivity contribution in [2.45, 2.75) is 18.7 Å². The van der Waals surface area contributed by atoms with Gasteiger partial charge >= 0.3 is 5.97 Å². The van der Waals surface area contributed by atoms with E-state index >= 15 is 0 Å². The molecule has 0 aromatic heterocycles. The molecule has 0 saturated carbocycles. The summed E-state index contributed by atoms with van der Waals surface area (Å²) in [5.74, 6) is -2.05. The van der Waals surface area contributed by atoms with Crippen molar-refractivity contribution < 1.29 is 23.1 Å². The number of aliphatic carboxylic acids is 1. The number of carboxylic acids is 1. The zero-order chi connectivity index (χ0) is 16.2. The van der Waals surface area contributed by atoms with E-state index in [1.165, 1.54) is 36.1 Å². The largest absolute Gasteiger partial charge is 0.481 e. The number of rotatable bonds is 6. The maximum Gasteiger partial charge on any atom is 0.308 e. The number of carboxylic acid groups (broad SMARTS) is 1. The predicted molar refractivity (Wildman–Crippen MR) is 77.9 cm³/mol. The number of nitrogens with zero attached hydrogens (tertiary/aromatic N) is 1. The van der Waals surface area contributed by atoms with E-state index in [1.807, 2.05) is 0 Å². The summed E-state index contributed by atoms with van der Waals surface area (Å²) in [6.45, 7) is 3.69. The highest BCUT2D eigenvalue weighted by Gasteiger charge is 2.21. The number of carbonyl (C=O) groups excluding carboxylic acids is 1. The van der Waals surface area contributed by atoms with Crippen LogP contribution in [-0.4, -0.2) is 49.6 Å². The molecular formula is C14H19NO5S. The highest BCUT2D eigenvalue weighted by molar-refractivity contribution is 7.90. The molecule has 1 aromatic carbocycles. The van der Waals surface area contributed by atoms with Gasteiger partial charge in [-0.25, -0.2) is 8.42 Å². The van der Waals surface area contributed by atoms with Crippen LogP contribution in [-0.2, 0) is 14.6 Å². The third-order valence-corrected chi connectivity index (χ3v) is 4.20. The number of benzene rings is 1. The summed E-state index contributed by atoms with van der Waals surface area (Å²) in [5, 5.41) is 8.91. The summed E-state index contributed by atoms with van der Waals surface area (Å²) in [6.07, 6.45) is 1.07. The molecule has 1 atom stereocenters. The van der Waals surface area contributed by atoms with Gasteiger partial charge in [0.15, 0.2) is 9.84 Å². The topological polar surface area (TPSA) is 91.8 Å². The first-order valence-electron chi connectivity index (χ1n) is 6.49. The lowest BCUT2D eigenvalue weighted by atomic mass is 10.1. The smallest absolute Gasteiger partial charge is 0.308 e. The fraction of sp³-hybridized carbons (Fsp3) is 0.429. The fourth-order valence-corrected chi connectivity index (χ4v) is 2.47. The lowest BCUT2D eigenvalue weighted by molar-refractivity contribution is -0.141. The maximum atomic E-state index is 12.4. The summed E-state index contributed by atoms with van der Waals surface area (Å²) in [7, 11) is -3.39. The Morgan fingerprint density at radius 1 is 1.33 bits per heavy atom. The second-order valence-corrected chi connectivity index (χ2v) is 6.90. The predicted octanol–water partition coefficient (Wildman–Crippen LogP) is 1.27. The summed E-state index contributed by atoms with van der Waals surface area (Å²) < 4.78 is 23.0. The second kappa shape index (κ2) is 6.71. The molecule has 1 unspecified atom stereocenters. The molecule has 0 bridgehead atoms. The number of amides is 1. The van der Waals surface area contributed by atoms with Gasteiger partial charge in [0.2, 0.25) is 0 Å². The van der Waals surface area contributed by atoms with E-state index in [0.29, 0.717) is 6.54 Å². The van der Waals surface area contributed by atoms with Gasteiger partial charge in [0, 0.05) is 24.9 Å². The van der Waals surface area contributed by atoms with Gasteiger partial charge in [0.1, 0.15) is 0 Å². The van der Waals surface area contributed by atoms with Crippen LogP contribution >= 0.6 is 0 Å². The van der Waals surface area contributed by atoms with Crippen molar-refractivity contribution in [3.8, 4) is 0 Å². The first kappa shape index (κ1) is 17.2. The van der Waals surface area contributed by atoms with E-state index in [0.717, 1.165) is 6.26 Å². The van der Waals surface area contributed by atoms with Gasteiger partial charge in [-0.3, -0.25) is 9.59 Å². The van der Waals surface area contributed by atoms with E-state index in [1.54, 1.807) is 6.92 Å². The van der Waals surface area contributed by atoms with Crippen LogP contribution in [0.1, 0.15) is 24.2 Å². The quantitative estimate of drug-likeness (QED) is 0.854. The highest BCUT2D eigenvalue weighted by Crippen LogP contribution is 2.14. The highest BCUT2D eigenvalue weighted by atomic mass is 32.2. The third kappa shape index (κ3) is 4.56. The van der Waals surface area contributed by atoms with Gasteiger partial charge in [-0.15, -0.1) is 0 Å². The first-order chi connectivity index (χ1) is 9.66. The molecule has 0 aliphatic rings. The van der Waals surface area contributed by atoms with Gasteiger partial charge in [-0.2, -0.15) is 0 Å². The van der Waals surface area contributed by atoms with Crippen molar-refractivity contribution in [2.24, 2.45) is 5.92 Å². The molecular weight excluding hydrogens is 294 g/mol. The van der Waals surface area contributed by atoms with Gasteiger partial charge in [-0.05, 0) is 25.1 Å². The van der Waals surface area contributed by atoms with E-state index in [4.69, 9.17) is 5.11 Å². The first-order valence-corrected chi connectivity index (χ1v) is 8.38. The van der Waals surface area contributed by atoms with E-state index in [-0.39, 0.29) is 22.9 Å². The Hall–Kier alpha value is -1.89. The van der Waals surface area contributed by atoms with Crippen LogP contribution in [0.2, 0.25) is 0 Å². The molecule has 0 radical (unpaired) electrons. The van der Waals surface area contributed by atoms with Crippen molar-refractivity contribution in [3.05, 3.63) is 29.8 Å². The molecule has 0 spiro atoms. The zero-order valence-electron chi connectivity index (χ0n) is 12.2. The van der Waals surface area contributed by atoms with Crippen LogP contribution in [0, 0.1) is 5.92 Å². The van der Waals surface area contributed by atoms with Crippen LogP contribution in [0.15, 0.2) is 29.2 Å². The van der Waals surface area contributed by atoms with Crippen molar-refractivity contribution in [2.75, 3.05) is 19.3 Å². The summed E-state index contributed by atoms with van der Waals surface area (Å²) in [4.78, 5) is 24.7. The van der Waals surface area contributed by atoms with Crippen molar-refractivity contribution in [3.63, 3.8) is 0 Å². The van der Waals surface area contributed by atoms with Crippen molar-refractivity contribution in [1.29, 1.82) is 0 Å². The summed E-state index contributed by atoms with van der Waals surface area (Å²) in [6, 6.07) is 5.75. The van der Waals surface area contributed by atoms with Crippen LogP contribution in [0.5, 0.6) is 0 Å². The number of hydrogen-bond donors (Lipinski definition) is 1. The van der Waals surface area contributed by atoms with Gasteiger partial charge < -0.3 is 10.0 Å². The van der Waals surface area contributed by atoms with Crippen LogP contribution in [0.25, 0.3) is 0 Å². The molecule has 1 rings (SSSR count). The van der Waals surface area contributed by atoms with Gasteiger partial charge in [-0.1, -0.05) is 13.0 Å². The van der Waals surface area contributed by atoms with Crippen molar-refractivity contribution in [1.82, 2.24) is 4.90 Å². The Labute approximate surface area is 124 Å². The average molecular weight is 313 g/mol. The summed E-state index contributed by atoms with van der Waals surface area (Å²) in [5.41, 5.74) is 0.234. The normalized spacial score (nSPS) is 12.7. The zero-order valence-corrected chi connectivity index (χ0v) is 13.1. The Balaban J connectivity index is 3.03. The second-order valence-electron chi connectivity index (χ2n) is 4.88. The average Bonchev–Trinajstić information content (AvgIpc) is 2.42. The van der Waals surface area contributed by atoms with Crippen LogP contribution in [0.3, 0.4) is 0 Å². The Bertz CT molecular complexity index is 639. The molecule has 0 heterocycles. The minimum absolute atomic E-state index is 0.0655. The molecule has 0 saturated heterocycles. The number of hydrogen-bond acceptors (Lipinski definition) is 4.